The van der Waals surface area contributed by atoms with Gasteiger partial charge in [-0.15, -0.1) is 0 Å². The lowest BCUT2D eigenvalue weighted by molar-refractivity contribution is -0.149. The quantitative estimate of drug-likeness (QED) is 0.145. The molecule has 10 atom stereocenters. The summed E-state index contributed by atoms with van der Waals surface area (Å²) in [6.45, 7) is 15.9. The summed E-state index contributed by atoms with van der Waals surface area (Å²) in [6.07, 6.45) is -0.118. The molecule has 2 rings (SSSR count). The maximum atomic E-state index is 14.3. The van der Waals surface area contributed by atoms with E-state index in [1.54, 1.807) is 83.3 Å². The number of nitrogens with one attached hydrogen (secondary N) is 1. The van der Waals surface area contributed by atoms with Gasteiger partial charge in [0.05, 0.1) is 42.9 Å². The number of ether oxygens (including phenoxy) is 3. The molecule has 0 radical (unpaired) electrons. The second-order valence-corrected chi connectivity index (χ2v) is 15.8. The van der Waals surface area contributed by atoms with E-state index in [-0.39, 0.29) is 78.3 Å². The number of likely N-dealkylation sites (N-methyl/N-ethyl adjacent to an activating group) is 2. The van der Waals surface area contributed by atoms with Crippen LogP contribution in [-0.2, 0) is 33.4 Å². The number of ketones is 3. The van der Waals surface area contributed by atoms with Gasteiger partial charge in [-0.05, 0) is 31.2 Å². The molecule has 1 N–H and O–H groups in total. The first-order valence-electron chi connectivity index (χ1n) is 19.5. The molecule has 1 aromatic carbocycles. The monoisotopic (exact) mass is 744 g/mol. The van der Waals surface area contributed by atoms with Crippen molar-refractivity contribution in [2.75, 3.05) is 42.0 Å². The molecule has 0 aliphatic carbocycles. The second kappa shape index (κ2) is 21.8. The zero-order chi connectivity index (χ0) is 40.2. The molecular weight excluding hydrogens is 674 g/mol. The van der Waals surface area contributed by atoms with Gasteiger partial charge >= 0.3 is 0 Å². The van der Waals surface area contributed by atoms with Crippen LogP contribution < -0.4 is 5.32 Å². The number of methoxy groups -OCH3 is 3. The van der Waals surface area contributed by atoms with Crippen LogP contribution in [0.2, 0.25) is 0 Å². The highest BCUT2D eigenvalue weighted by molar-refractivity contribution is 6.00. The SMILES string of the molecule is CC[C@H](C)[C@@H]([C@@H](CC(=O)N1C[C@H](OC)C[C@H]1[C@H](OC)[C@@H](C)C(=O)C[C@@H](C)C(=O)c1ccccc1)OC)N(C)C(=O)[C@@H](CC(=O)[C@@H](NC)C(C)C)C(C)C. The van der Waals surface area contributed by atoms with Crippen LogP contribution >= 0.6 is 0 Å². The Hall–Kier alpha value is -2.99. The topological polar surface area (TPSA) is 132 Å². The number of benzene rings is 1. The van der Waals surface area contributed by atoms with Gasteiger partial charge in [0.2, 0.25) is 11.8 Å². The molecule has 300 valence electrons. The molecule has 1 fully saturated rings. The Morgan fingerprint density at radius 1 is 0.868 bits per heavy atom. The molecule has 53 heavy (non-hydrogen) atoms. The first kappa shape index (κ1) is 46.2. The minimum atomic E-state index is -0.636. The summed E-state index contributed by atoms with van der Waals surface area (Å²) in [7, 11) is 8.23. The van der Waals surface area contributed by atoms with Crippen LogP contribution in [-0.4, -0.2) is 117 Å². The first-order valence-corrected chi connectivity index (χ1v) is 19.5. The fraction of sp³-hybridized carbons (Fsp3) is 0.738. The number of likely N-dealkylation sites (tertiary alicyclic amines) is 1. The van der Waals surface area contributed by atoms with Crippen molar-refractivity contribution in [2.45, 2.75) is 124 Å². The lowest BCUT2D eigenvalue weighted by Gasteiger charge is -2.41. The molecule has 0 spiro atoms. The van der Waals surface area contributed by atoms with Crippen LogP contribution in [0.3, 0.4) is 0 Å². The number of rotatable bonds is 23. The van der Waals surface area contributed by atoms with Crippen LogP contribution in [0, 0.1) is 35.5 Å². The smallest absolute Gasteiger partial charge is 0.226 e. The molecule has 0 bridgehead atoms. The van der Waals surface area contributed by atoms with Crippen LogP contribution in [0.25, 0.3) is 0 Å². The van der Waals surface area contributed by atoms with Crippen LogP contribution in [0.1, 0.15) is 97.9 Å². The van der Waals surface area contributed by atoms with E-state index in [1.807, 2.05) is 47.6 Å². The van der Waals surface area contributed by atoms with Gasteiger partial charge in [0.25, 0.3) is 0 Å². The fourth-order valence-electron chi connectivity index (χ4n) is 8.04. The molecule has 1 aromatic rings. The van der Waals surface area contributed by atoms with Gasteiger partial charge in [0.1, 0.15) is 5.78 Å². The van der Waals surface area contributed by atoms with E-state index < -0.39 is 42.0 Å². The van der Waals surface area contributed by atoms with Crippen LogP contribution in [0.15, 0.2) is 30.3 Å². The van der Waals surface area contributed by atoms with Gasteiger partial charge in [-0.2, -0.15) is 0 Å². The van der Waals surface area contributed by atoms with E-state index in [9.17, 15) is 24.0 Å². The van der Waals surface area contributed by atoms with Crippen molar-refractivity contribution in [3.8, 4) is 0 Å². The predicted octanol–water partition coefficient (Wildman–Crippen LogP) is 5.49. The fourth-order valence-corrected chi connectivity index (χ4v) is 8.04. The van der Waals surface area contributed by atoms with Crippen molar-refractivity contribution in [2.24, 2.45) is 35.5 Å². The maximum Gasteiger partial charge on any atom is 0.226 e. The zero-order valence-corrected chi connectivity index (χ0v) is 34.7. The van der Waals surface area contributed by atoms with Gasteiger partial charge in [0.15, 0.2) is 11.6 Å². The van der Waals surface area contributed by atoms with Gasteiger partial charge in [-0.3, -0.25) is 24.0 Å². The zero-order valence-electron chi connectivity index (χ0n) is 34.7. The van der Waals surface area contributed by atoms with E-state index >= 15 is 0 Å². The van der Waals surface area contributed by atoms with Gasteiger partial charge in [0, 0.05) is 71.1 Å². The molecule has 1 saturated heterocycles. The number of amides is 2. The summed E-state index contributed by atoms with van der Waals surface area (Å²) in [6, 6.07) is 7.72. The van der Waals surface area contributed by atoms with Crippen molar-refractivity contribution in [3.05, 3.63) is 35.9 Å². The molecule has 2 amide bonds. The third kappa shape index (κ3) is 12.0. The Bertz CT molecular complexity index is 1340. The molecular formula is C42H69N3O8. The maximum absolute atomic E-state index is 14.3. The van der Waals surface area contributed by atoms with E-state index in [2.05, 4.69) is 5.32 Å². The van der Waals surface area contributed by atoms with Crippen molar-refractivity contribution in [1.82, 2.24) is 15.1 Å². The van der Waals surface area contributed by atoms with Gasteiger partial charge in [-0.1, -0.05) is 92.1 Å². The summed E-state index contributed by atoms with van der Waals surface area (Å²) in [5.74, 6) is -2.16. The molecule has 1 heterocycles. The minimum Gasteiger partial charge on any atom is -0.380 e. The van der Waals surface area contributed by atoms with Gasteiger partial charge in [-0.25, -0.2) is 0 Å². The highest BCUT2D eigenvalue weighted by Gasteiger charge is 2.45. The normalized spacial score (nSPS) is 20.7. The second-order valence-electron chi connectivity index (χ2n) is 15.8. The molecule has 1 aliphatic rings. The number of carbonyl (C=O) groups is 5. The number of hydrogen-bond acceptors (Lipinski definition) is 9. The largest absolute Gasteiger partial charge is 0.380 e. The van der Waals surface area contributed by atoms with Crippen LogP contribution in [0.4, 0.5) is 0 Å². The Labute approximate surface area is 319 Å². The Morgan fingerprint density at radius 2 is 1.49 bits per heavy atom. The number of hydrogen-bond donors (Lipinski definition) is 1. The van der Waals surface area contributed by atoms with E-state index in [1.165, 1.54) is 0 Å². The average Bonchev–Trinajstić information content (AvgIpc) is 3.57. The third-order valence-corrected chi connectivity index (χ3v) is 11.6. The number of nitrogens with zero attached hydrogens (tertiary/aromatic N) is 2. The summed E-state index contributed by atoms with van der Waals surface area (Å²) in [5, 5.41) is 3.11. The summed E-state index contributed by atoms with van der Waals surface area (Å²) in [5.41, 5.74) is 0.566. The van der Waals surface area contributed by atoms with E-state index in [0.29, 0.717) is 18.5 Å². The molecule has 11 heteroatoms. The first-order chi connectivity index (χ1) is 25.0. The van der Waals surface area contributed by atoms with Crippen molar-refractivity contribution in [1.29, 1.82) is 0 Å². The molecule has 1 aliphatic heterocycles. The standard InChI is InChI=1S/C42H69N3O8/c1-14-27(6)39(44(10)42(50)32(25(2)3)22-35(47)38(43-9)26(4)5)36(52-12)23-37(48)45-24-31(51-11)21-33(45)41(53-13)29(8)34(46)20-28(7)40(49)30-18-16-15-17-19-30/h15-19,25-29,31-33,36,38-39,41,43H,14,20-24H2,1-13H3/t27-,28+,29-,31+,32-,33-,36+,38-,39-,41+/m0/s1. The number of carbonyl (C=O) groups excluding carboxylic acids is 5. The van der Waals surface area contributed by atoms with E-state index in [4.69, 9.17) is 14.2 Å². The third-order valence-electron chi connectivity index (χ3n) is 11.6. The van der Waals surface area contributed by atoms with Crippen molar-refractivity contribution >= 4 is 29.2 Å². The molecule has 11 nitrogen and oxygen atoms in total. The van der Waals surface area contributed by atoms with Crippen molar-refractivity contribution in [3.63, 3.8) is 0 Å². The summed E-state index contributed by atoms with van der Waals surface area (Å²) < 4.78 is 17.7. The average molecular weight is 744 g/mol. The highest BCUT2D eigenvalue weighted by Crippen LogP contribution is 2.32. The number of Topliss-reactive ketones (excluding diaryl/α,β-unsaturated/α-hetero) is 3. The molecule has 0 unspecified atom stereocenters. The Kier molecular flexibility index (Phi) is 19.0. The molecule has 0 saturated carbocycles. The van der Waals surface area contributed by atoms with Crippen molar-refractivity contribution < 1.29 is 38.2 Å². The van der Waals surface area contributed by atoms with E-state index in [0.717, 1.165) is 6.42 Å². The summed E-state index contributed by atoms with van der Waals surface area (Å²) in [4.78, 5) is 72.0. The van der Waals surface area contributed by atoms with Crippen LogP contribution in [0.5, 0.6) is 0 Å². The lowest BCUT2D eigenvalue weighted by atomic mass is 9.84. The Morgan fingerprint density at radius 3 is 1.98 bits per heavy atom. The Balaban J connectivity index is 2.32. The predicted molar refractivity (Wildman–Crippen MR) is 208 cm³/mol. The minimum absolute atomic E-state index is 0.00210. The lowest BCUT2D eigenvalue weighted by Crippen LogP contribution is -2.54. The molecule has 0 aromatic heterocycles. The highest BCUT2D eigenvalue weighted by atomic mass is 16.5. The summed E-state index contributed by atoms with van der Waals surface area (Å²) >= 11 is 0. The van der Waals surface area contributed by atoms with Gasteiger partial charge < -0.3 is 29.3 Å².